The van der Waals surface area contributed by atoms with Crippen LogP contribution in [0.4, 0.5) is 33.5 Å². The predicted octanol–water partition coefficient (Wildman–Crippen LogP) is 3.00. The predicted molar refractivity (Wildman–Crippen MR) is 104 cm³/mol. The van der Waals surface area contributed by atoms with Gasteiger partial charge in [-0.2, -0.15) is 33.8 Å². The lowest BCUT2D eigenvalue weighted by Gasteiger charge is -2.15. The number of hydrogen-bond donors (Lipinski definition) is 2. The first-order chi connectivity index (χ1) is 15.7. The Morgan fingerprint density at radius 3 is 2.64 bits per heavy atom. The zero-order valence-electron chi connectivity index (χ0n) is 16.2. The molecule has 1 aliphatic rings. The van der Waals surface area contributed by atoms with Crippen LogP contribution in [-0.2, 0) is 6.18 Å². The molecule has 1 aromatic carbocycles. The SMILES string of the molecule is N#Cc1cc(NC(=O)c2cnn(-c3ccc(F)cc3F)c2C(F)(F)F)cnc1N1N=CCN1. The number of hydrazone groups is 1. The van der Waals surface area contributed by atoms with Crippen molar-refractivity contribution in [2.24, 2.45) is 5.10 Å². The first-order valence-corrected chi connectivity index (χ1v) is 9.07. The maximum atomic E-state index is 14.1. The Hall–Kier alpha value is -4.38. The van der Waals surface area contributed by atoms with Crippen molar-refractivity contribution in [3.63, 3.8) is 0 Å². The Morgan fingerprint density at radius 2 is 2.00 bits per heavy atom. The lowest BCUT2D eigenvalue weighted by Crippen LogP contribution is -2.29. The van der Waals surface area contributed by atoms with Gasteiger partial charge in [-0.25, -0.2) is 23.9 Å². The highest BCUT2D eigenvalue weighted by Gasteiger charge is 2.41. The molecule has 3 aromatic rings. The third-order valence-electron chi connectivity index (χ3n) is 4.40. The lowest BCUT2D eigenvalue weighted by atomic mass is 10.2. The van der Waals surface area contributed by atoms with Crippen molar-refractivity contribution in [3.8, 4) is 11.8 Å². The first-order valence-electron chi connectivity index (χ1n) is 9.07. The van der Waals surface area contributed by atoms with Gasteiger partial charge in [0, 0.05) is 12.3 Å². The summed E-state index contributed by atoms with van der Waals surface area (Å²) in [4.78, 5) is 16.6. The molecule has 3 heterocycles. The second kappa shape index (κ2) is 8.28. The van der Waals surface area contributed by atoms with Gasteiger partial charge in [0.1, 0.15) is 23.1 Å². The topological polar surface area (TPSA) is 111 Å². The Kier molecular flexibility index (Phi) is 5.48. The van der Waals surface area contributed by atoms with Crippen molar-refractivity contribution in [1.82, 2.24) is 20.2 Å². The molecule has 1 aliphatic heterocycles. The standard InChI is InChI=1S/C19H11F5N8O/c20-11-1-2-15(14(21)6-11)31-16(19(22,23)24)13(9-29-31)18(33)30-12-5-10(7-25)17(26-8-12)32-27-3-4-28-32/h1-3,5-6,8-9,28H,4H2,(H,30,33). The molecule has 0 unspecified atom stereocenters. The molecule has 14 heteroatoms. The number of anilines is 2. The molecule has 0 atom stereocenters. The molecule has 2 N–H and O–H groups in total. The van der Waals surface area contributed by atoms with Crippen LogP contribution in [0, 0.1) is 23.0 Å². The molecule has 2 aromatic heterocycles. The normalized spacial score (nSPS) is 13.3. The van der Waals surface area contributed by atoms with Crippen LogP contribution < -0.4 is 15.9 Å². The number of halogens is 5. The zero-order valence-corrected chi connectivity index (χ0v) is 16.2. The third kappa shape index (κ3) is 4.21. The smallest absolute Gasteiger partial charge is 0.320 e. The summed E-state index contributed by atoms with van der Waals surface area (Å²) in [5.74, 6) is -3.40. The van der Waals surface area contributed by atoms with Gasteiger partial charge in [0.15, 0.2) is 17.3 Å². The van der Waals surface area contributed by atoms with Crippen molar-refractivity contribution in [1.29, 1.82) is 5.26 Å². The number of pyridine rings is 1. The summed E-state index contributed by atoms with van der Waals surface area (Å²) >= 11 is 0. The van der Waals surface area contributed by atoms with E-state index < -0.39 is 40.7 Å². The fourth-order valence-corrected chi connectivity index (χ4v) is 3.02. The minimum absolute atomic E-state index is 0.0144. The lowest BCUT2D eigenvalue weighted by molar-refractivity contribution is -0.143. The molecule has 168 valence electrons. The van der Waals surface area contributed by atoms with Gasteiger partial charge < -0.3 is 5.32 Å². The second-order valence-electron chi connectivity index (χ2n) is 6.55. The van der Waals surface area contributed by atoms with E-state index in [2.05, 4.69) is 25.9 Å². The summed E-state index contributed by atoms with van der Waals surface area (Å²) in [5, 5.41) is 20.2. The second-order valence-corrected chi connectivity index (χ2v) is 6.55. The van der Waals surface area contributed by atoms with E-state index in [0.29, 0.717) is 18.8 Å². The number of aromatic nitrogens is 3. The quantitative estimate of drug-likeness (QED) is 0.577. The molecule has 0 aliphatic carbocycles. The summed E-state index contributed by atoms with van der Waals surface area (Å²) in [6, 6.07) is 4.99. The van der Waals surface area contributed by atoms with Gasteiger partial charge >= 0.3 is 6.18 Å². The van der Waals surface area contributed by atoms with Crippen molar-refractivity contribution >= 4 is 23.6 Å². The number of nitriles is 1. The minimum atomic E-state index is -5.11. The maximum Gasteiger partial charge on any atom is 0.434 e. The van der Waals surface area contributed by atoms with Gasteiger partial charge in [0.2, 0.25) is 0 Å². The van der Waals surface area contributed by atoms with Gasteiger partial charge in [0.05, 0.1) is 30.2 Å². The summed E-state index contributed by atoms with van der Waals surface area (Å²) in [6.07, 6.45) is -1.85. The molecule has 4 rings (SSSR count). The van der Waals surface area contributed by atoms with Crippen LogP contribution in [0.5, 0.6) is 0 Å². The molecule has 1 amide bonds. The molecule has 0 fully saturated rings. The van der Waals surface area contributed by atoms with E-state index in [0.717, 1.165) is 18.3 Å². The number of nitrogens with zero attached hydrogens (tertiary/aromatic N) is 6. The number of rotatable bonds is 4. The number of alkyl halides is 3. The van der Waals surface area contributed by atoms with Crippen molar-refractivity contribution < 1.29 is 26.7 Å². The number of nitrogens with one attached hydrogen (secondary N) is 2. The Balaban J connectivity index is 1.68. The molecule has 0 saturated heterocycles. The number of hydrazine groups is 1. The van der Waals surface area contributed by atoms with E-state index in [1.165, 1.54) is 17.4 Å². The molecular formula is C19H11F5N8O. The number of carbonyl (C=O) groups excluding carboxylic acids is 1. The van der Waals surface area contributed by atoms with Crippen molar-refractivity contribution in [3.05, 3.63) is 65.1 Å². The van der Waals surface area contributed by atoms with Gasteiger partial charge in [-0.05, 0) is 18.2 Å². The van der Waals surface area contributed by atoms with Crippen LogP contribution in [0.2, 0.25) is 0 Å². The first kappa shape index (κ1) is 21.8. The summed E-state index contributed by atoms with van der Waals surface area (Å²) in [5.41, 5.74) is -0.458. The highest BCUT2D eigenvalue weighted by Crippen LogP contribution is 2.34. The Labute approximate surface area is 181 Å². The van der Waals surface area contributed by atoms with Crippen LogP contribution >= 0.6 is 0 Å². The third-order valence-corrected chi connectivity index (χ3v) is 4.40. The largest absolute Gasteiger partial charge is 0.434 e. The maximum absolute atomic E-state index is 14.1. The molecule has 33 heavy (non-hydrogen) atoms. The molecular weight excluding hydrogens is 451 g/mol. The number of carbonyl (C=O) groups is 1. The number of hydrogen-bond acceptors (Lipinski definition) is 7. The van der Waals surface area contributed by atoms with Crippen molar-refractivity contribution in [2.45, 2.75) is 6.18 Å². The number of benzene rings is 1. The van der Waals surface area contributed by atoms with Gasteiger partial charge in [-0.15, -0.1) is 0 Å². The van der Waals surface area contributed by atoms with E-state index in [9.17, 15) is 32.0 Å². The van der Waals surface area contributed by atoms with E-state index >= 15 is 0 Å². The van der Waals surface area contributed by atoms with E-state index in [4.69, 9.17) is 0 Å². The van der Waals surface area contributed by atoms with Crippen LogP contribution in [0.1, 0.15) is 21.6 Å². The summed E-state index contributed by atoms with van der Waals surface area (Å²) in [7, 11) is 0. The fraction of sp³-hybridized carbons (Fsp3) is 0.105. The molecule has 0 saturated carbocycles. The molecule has 0 radical (unpaired) electrons. The van der Waals surface area contributed by atoms with Crippen molar-refractivity contribution in [2.75, 3.05) is 17.0 Å². The van der Waals surface area contributed by atoms with Gasteiger partial charge in [-0.1, -0.05) is 0 Å². The highest BCUT2D eigenvalue weighted by molar-refractivity contribution is 6.05. The monoisotopic (exact) mass is 462 g/mol. The molecule has 9 nitrogen and oxygen atoms in total. The van der Waals surface area contributed by atoms with Crippen LogP contribution in [0.25, 0.3) is 5.69 Å². The highest BCUT2D eigenvalue weighted by atomic mass is 19.4. The summed E-state index contributed by atoms with van der Waals surface area (Å²) in [6.45, 7) is 0.407. The minimum Gasteiger partial charge on any atom is -0.320 e. The van der Waals surface area contributed by atoms with E-state index in [-0.39, 0.29) is 21.8 Å². The van der Waals surface area contributed by atoms with Crippen LogP contribution in [-0.4, -0.2) is 33.4 Å². The average Bonchev–Trinajstić information content (AvgIpc) is 3.43. The Morgan fingerprint density at radius 1 is 1.21 bits per heavy atom. The van der Waals surface area contributed by atoms with Crippen LogP contribution in [0.3, 0.4) is 0 Å². The fourth-order valence-electron chi connectivity index (χ4n) is 3.02. The molecule has 0 bridgehead atoms. The average molecular weight is 462 g/mol. The van der Waals surface area contributed by atoms with Gasteiger partial charge in [0.25, 0.3) is 5.91 Å². The van der Waals surface area contributed by atoms with E-state index in [1.807, 2.05) is 6.07 Å². The van der Waals surface area contributed by atoms with E-state index in [1.54, 1.807) is 0 Å². The van der Waals surface area contributed by atoms with Gasteiger partial charge in [-0.3, -0.25) is 4.79 Å². The zero-order chi connectivity index (χ0) is 23.8. The number of amides is 1. The van der Waals surface area contributed by atoms with Crippen LogP contribution in [0.15, 0.2) is 41.8 Å². The molecule has 0 spiro atoms. The summed E-state index contributed by atoms with van der Waals surface area (Å²) < 4.78 is 68.7. The Bertz CT molecular complexity index is 1310.